The highest BCUT2D eigenvalue weighted by Gasteiger charge is 2.04. The second kappa shape index (κ2) is 5.40. The van der Waals surface area contributed by atoms with E-state index in [1.165, 1.54) is 11.1 Å². The number of hydrogen-bond donors (Lipinski definition) is 2. The molecule has 0 amide bonds. The van der Waals surface area contributed by atoms with Gasteiger partial charge in [-0.25, -0.2) is 4.98 Å². The summed E-state index contributed by atoms with van der Waals surface area (Å²) in [5.74, 6) is 0.153. The molecule has 1 heterocycles. The molecule has 0 saturated carbocycles. The van der Waals surface area contributed by atoms with Crippen molar-refractivity contribution >= 4 is 16.9 Å². The Morgan fingerprint density at radius 1 is 1.05 bits per heavy atom. The summed E-state index contributed by atoms with van der Waals surface area (Å²) in [6, 6.07) is 14.3. The minimum Gasteiger partial charge on any atom is -0.369 e. The standard InChI is InChI=1S/C17H17N3O/c1-11-2-4-12(5-3-11)6-7-13-8-9-15-14(10-13)16(21)20-17(18)19-15/h2-5,8-10H,6-7H2,1H3,(H3,18,19,20,21). The first-order chi connectivity index (χ1) is 10.1. The van der Waals surface area contributed by atoms with E-state index in [0.717, 1.165) is 18.4 Å². The molecule has 2 aromatic carbocycles. The number of rotatable bonds is 3. The van der Waals surface area contributed by atoms with E-state index in [9.17, 15) is 4.79 Å². The predicted molar refractivity (Wildman–Crippen MR) is 85.4 cm³/mol. The molecule has 0 unspecified atom stereocenters. The van der Waals surface area contributed by atoms with Crippen LogP contribution in [0.3, 0.4) is 0 Å². The average Bonchev–Trinajstić information content (AvgIpc) is 2.47. The van der Waals surface area contributed by atoms with Gasteiger partial charge in [0.1, 0.15) is 0 Å². The molecule has 0 aliphatic rings. The van der Waals surface area contributed by atoms with Crippen molar-refractivity contribution in [2.45, 2.75) is 19.8 Å². The van der Waals surface area contributed by atoms with Gasteiger partial charge in [0.05, 0.1) is 10.9 Å². The largest absolute Gasteiger partial charge is 0.369 e. The molecule has 0 aliphatic carbocycles. The predicted octanol–water partition coefficient (Wildman–Crippen LogP) is 2.60. The van der Waals surface area contributed by atoms with Crippen molar-refractivity contribution in [3.8, 4) is 0 Å². The number of benzene rings is 2. The third-order valence-corrected chi connectivity index (χ3v) is 3.61. The van der Waals surface area contributed by atoms with Gasteiger partial charge in [0.2, 0.25) is 5.95 Å². The zero-order valence-electron chi connectivity index (χ0n) is 11.9. The second-order valence-corrected chi connectivity index (χ2v) is 5.29. The van der Waals surface area contributed by atoms with Gasteiger partial charge < -0.3 is 5.73 Å². The Labute approximate surface area is 122 Å². The zero-order valence-corrected chi connectivity index (χ0v) is 11.9. The lowest BCUT2D eigenvalue weighted by Crippen LogP contribution is -2.11. The van der Waals surface area contributed by atoms with Crippen LogP contribution < -0.4 is 11.3 Å². The fraction of sp³-hybridized carbons (Fsp3) is 0.176. The van der Waals surface area contributed by atoms with Crippen LogP contribution in [0, 0.1) is 6.92 Å². The van der Waals surface area contributed by atoms with Crippen LogP contribution in [0.1, 0.15) is 16.7 Å². The molecule has 0 fully saturated rings. The first kappa shape index (κ1) is 13.4. The number of aromatic nitrogens is 2. The zero-order chi connectivity index (χ0) is 14.8. The number of hydrogen-bond acceptors (Lipinski definition) is 3. The van der Waals surface area contributed by atoms with E-state index in [4.69, 9.17) is 5.73 Å². The maximum atomic E-state index is 11.9. The van der Waals surface area contributed by atoms with Crippen molar-refractivity contribution < 1.29 is 0 Å². The molecular weight excluding hydrogens is 262 g/mol. The smallest absolute Gasteiger partial charge is 0.260 e. The lowest BCUT2D eigenvalue weighted by Gasteiger charge is -2.05. The molecule has 4 heteroatoms. The Morgan fingerprint density at radius 3 is 2.48 bits per heavy atom. The van der Waals surface area contributed by atoms with Gasteiger partial charge in [0, 0.05) is 0 Å². The van der Waals surface area contributed by atoms with E-state index in [1.54, 1.807) is 0 Å². The number of aromatic amines is 1. The van der Waals surface area contributed by atoms with Crippen LogP contribution in [0.5, 0.6) is 0 Å². The molecule has 1 aromatic heterocycles. The second-order valence-electron chi connectivity index (χ2n) is 5.29. The Balaban J connectivity index is 1.84. The quantitative estimate of drug-likeness (QED) is 0.774. The molecule has 106 valence electrons. The lowest BCUT2D eigenvalue weighted by atomic mass is 10.0. The van der Waals surface area contributed by atoms with Gasteiger partial charge in [0.15, 0.2) is 0 Å². The van der Waals surface area contributed by atoms with Crippen LogP contribution in [-0.2, 0) is 12.8 Å². The lowest BCUT2D eigenvalue weighted by molar-refractivity contribution is 0.960. The number of anilines is 1. The van der Waals surface area contributed by atoms with Crippen LogP contribution in [0.15, 0.2) is 47.3 Å². The maximum absolute atomic E-state index is 11.9. The summed E-state index contributed by atoms with van der Waals surface area (Å²) in [5.41, 5.74) is 9.68. The van der Waals surface area contributed by atoms with E-state index in [2.05, 4.69) is 41.2 Å². The molecule has 0 spiro atoms. The molecular formula is C17H17N3O. The van der Waals surface area contributed by atoms with Crippen molar-refractivity contribution in [3.63, 3.8) is 0 Å². The Morgan fingerprint density at radius 2 is 1.71 bits per heavy atom. The molecule has 4 nitrogen and oxygen atoms in total. The number of H-pyrrole nitrogens is 1. The van der Waals surface area contributed by atoms with Gasteiger partial charge in [-0.1, -0.05) is 35.9 Å². The van der Waals surface area contributed by atoms with Gasteiger partial charge >= 0.3 is 0 Å². The van der Waals surface area contributed by atoms with Crippen LogP contribution in [0.2, 0.25) is 0 Å². The highest BCUT2D eigenvalue weighted by Crippen LogP contribution is 2.14. The van der Waals surface area contributed by atoms with E-state index in [0.29, 0.717) is 10.9 Å². The van der Waals surface area contributed by atoms with E-state index < -0.39 is 0 Å². The van der Waals surface area contributed by atoms with Gasteiger partial charge in [-0.15, -0.1) is 0 Å². The highest BCUT2D eigenvalue weighted by atomic mass is 16.1. The van der Waals surface area contributed by atoms with Crippen molar-refractivity contribution in [3.05, 3.63) is 69.5 Å². The monoisotopic (exact) mass is 279 g/mol. The molecule has 0 saturated heterocycles. The number of nitrogen functional groups attached to an aromatic ring is 1. The number of fused-ring (bicyclic) bond motifs is 1. The van der Waals surface area contributed by atoms with E-state index in [-0.39, 0.29) is 11.5 Å². The molecule has 3 aromatic rings. The third-order valence-electron chi connectivity index (χ3n) is 3.61. The summed E-state index contributed by atoms with van der Waals surface area (Å²) < 4.78 is 0. The third kappa shape index (κ3) is 2.94. The van der Waals surface area contributed by atoms with Gasteiger partial charge in [0.25, 0.3) is 5.56 Å². The van der Waals surface area contributed by atoms with Gasteiger partial charge in [-0.05, 0) is 43.0 Å². The van der Waals surface area contributed by atoms with Crippen LogP contribution in [-0.4, -0.2) is 9.97 Å². The SMILES string of the molecule is Cc1ccc(CCc2ccc3nc(N)[nH]c(=O)c3c2)cc1. The fourth-order valence-corrected chi connectivity index (χ4v) is 2.40. The summed E-state index contributed by atoms with van der Waals surface area (Å²) in [7, 11) is 0. The molecule has 3 N–H and O–H groups in total. The summed E-state index contributed by atoms with van der Waals surface area (Å²) in [6.45, 7) is 2.08. The maximum Gasteiger partial charge on any atom is 0.260 e. The Bertz CT molecular complexity index is 835. The van der Waals surface area contributed by atoms with Gasteiger partial charge in [-0.2, -0.15) is 0 Å². The highest BCUT2D eigenvalue weighted by molar-refractivity contribution is 5.79. The topological polar surface area (TPSA) is 71.8 Å². The van der Waals surface area contributed by atoms with Crippen LogP contribution in [0.25, 0.3) is 10.9 Å². The van der Waals surface area contributed by atoms with Crippen molar-refractivity contribution in [2.75, 3.05) is 5.73 Å². The molecule has 3 rings (SSSR count). The summed E-state index contributed by atoms with van der Waals surface area (Å²) >= 11 is 0. The minimum atomic E-state index is -0.185. The van der Waals surface area contributed by atoms with E-state index in [1.807, 2.05) is 18.2 Å². The average molecular weight is 279 g/mol. The fourth-order valence-electron chi connectivity index (χ4n) is 2.40. The molecule has 0 bridgehead atoms. The van der Waals surface area contributed by atoms with E-state index >= 15 is 0 Å². The summed E-state index contributed by atoms with van der Waals surface area (Å²) in [6.07, 6.45) is 1.84. The summed E-state index contributed by atoms with van der Waals surface area (Å²) in [4.78, 5) is 18.5. The number of nitrogens with zero attached hydrogens (tertiary/aromatic N) is 1. The first-order valence-corrected chi connectivity index (χ1v) is 6.96. The van der Waals surface area contributed by atoms with Crippen LogP contribution >= 0.6 is 0 Å². The number of nitrogens with one attached hydrogen (secondary N) is 1. The first-order valence-electron chi connectivity index (χ1n) is 6.96. The molecule has 0 radical (unpaired) electrons. The number of nitrogens with two attached hydrogens (primary N) is 1. The number of aryl methyl sites for hydroxylation is 3. The minimum absolute atomic E-state index is 0.153. The Kier molecular flexibility index (Phi) is 3.44. The molecule has 0 aliphatic heterocycles. The molecule has 0 atom stereocenters. The summed E-state index contributed by atoms with van der Waals surface area (Å²) in [5, 5.41) is 0.589. The van der Waals surface area contributed by atoms with Gasteiger partial charge in [-0.3, -0.25) is 9.78 Å². The normalized spacial score (nSPS) is 10.9. The Hall–Kier alpha value is -2.62. The molecule has 21 heavy (non-hydrogen) atoms. The van der Waals surface area contributed by atoms with Crippen LogP contribution in [0.4, 0.5) is 5.95 Å². The van der Waals surface area contributed by atoms with Crippen molar-refractivity contribution in [1.29, 1.82) is 0 Å². The van der Waals surface area contributed by atoms with Crippen molar-refractivity contribution in [2.24, 2.45) is 0 Å². The van der Waals surface area contributed by atoms with Crippen molar-refractivity contribution in [1.82, 2.24) is 9.97 Å².